The number of rotatable bonds is 10. The molecule has 1 heterocycles. The Kier molecular flexibility index (Phi) is 8.31. The third-order valence-electron chi connectivity index (χ3n) is 2.84. The first-order chi connectivity index (χ1) is 11.7. The van der Waals surface area contributed by atoms with Gasteiger partial charge in [0.15, 0.2) is 4.34 Å². The van der Waals surface area contributed by atoms with Crippen LogP contribution in [0.25, 0.3) is 0 Å². The number of amides is 1. The predicted molar refractivity (Wildman–Crippen MR) is 99.5 cm³/mol. The molecule has 1 aromatic carbocycles. The molecule has 2 rings (SSSR count). The molecule has 0 saturated heterocycles. The van der Waals surface area contributed by atoms with Crippen LogP contribution in [0.2, 0.25) is 5.02 Å². The number of nitrogens with one attached hydrogen (secondary N) is 2. The third-order valence-corrected chi connectivity index (χ3v) is 5.14. The van der Waals surface area contributed by atoms with Gasteiger partial charge in [0.2, 0.25) is 11.0 Å². The van der Waals surface area contributed by atoms with Crippen molar-refractivity contribution < 1.29 is 9.53 Å². The highest BCUT2D eigenvalue weighted by atomic mass is 35.5. The summed E-state index contributed by atoms with van der Waals surface area (Å²) in [6, 6.07) is 7.42. The average Bonchev–Trinajstić information content (AvgIpc) is 3.02. The maximum Gasteiger partial charge on any atom is 0.230 e. The lowest BCUT2D eigenvalue weighted by atomic mass is 10.3. The minimum atomic E-state index is -0.0210. The van der Waals surface area contributed by atoms with Crippen LogP contribution < -0.4 is 10.6 Å². The Morgan fingerprint density at radius 3 is 3.00 bits per heavy atom. The van der Waals surface area contributed by atoms with Crippen molar-refractivity contribution in [2.24, 2.45) is 0 Å². The highest BCUT2D eigenvalue weighted by molar-refractivity contribution is 8.01. The second-order valence-electron chi connectivity index (χ2n) is 4.67. The van der Waals surface area contributed by atoms with Crippen LogP contribution in [-0.4, -0.2) is 41.6 Å². The zero-order valence-corrected chi connectivity index (χ0v) is 15.6. The van der Waals surface area contributed by atoms with Gasteiger partial charge in [-0.1, -0.05) is 46.8 Å². The van der Waals surface area contributed by atoms with Crippen molar-refractivity contribution in [3.8, 4) is 0 Å². The van der Waals surface area contributed by atoms with E-state index in [1.165, 1.54) is 23.1 Å². The fraction of sp³-hybridized carbons (Fsp3) is 0.400. The van der Waals surface area contributed by atoms with Gasteiger partial charge in [0, 0.05) is 19.8 Å². The van der Waals surface area contributed by atoms with Gasteiger partial charge >= 0.3 is 0 Å². The first-order valence-electron chi connectivity index (χ1n) is 7.51. The summed E-state index contributed by atoms with van der Waals surface area (Å²) < 4.78 is 5.95. The molecule has 0 radical (unpaired) electrons. The Hall–Kier alpha value is -1.35. The summed E-state index contributed by atoms with van der Waals surface area (Å²) in [6.45, 7) is 3.93. The fourth-order valence-corrected chi connectivity index (χ4v) is 3.50. The molecule has 0 atom stereocenters. The van der Waals surface area contributed by atoms with Gasteiger partial charge in [-0.15, -0.1) is 10.2 Å². The standard InChI is InChI=1S/C15H19ClN4O2S2/c1-2-22-9-5-8-17-13(21)10-23-15-20-19-14(24-15)18-12-7-4-3-6-11(12)16/h3-4,6-7H,2,5,8-10H2,1H3,(H,17,21)(H,18,19). The molecule has 0 aliphatic rings. The van der Waals surface area contributed by atoms with Crippen molar-refractivity contribution in [3.63, 3.8) is 0 Å². The van der Waals surface area contributed by atoms with Gasteiger partial charge in [-0.05, 0) is 25.5 Å². The summed E-state index contributed by atoms with van der Waals surface area (Å²) in [6.07, 6.45) is 0.814. The lowest BCUT2D eigenvalue weighted by Crippen LogP contribution is -2.26. The number of anilines is 2. The van der Waals surface area contributed by atoms with Gasteiger partial charge in [0.1, 0.15) is 0 Å². The van der Waals surface area contributed by atoms with Crippen molar-refractivity contribution in [1.82, 2.24) is 15.5 Å². The Bertz CT molecular complexity index is 654. The second-order valence-corrected chi connectivity index (χ2v) is 7.27. The molecular formula is C15H19ClN4O2S2. The monoisotopic (exact) mass is 386 g/mol. The van der Waals surface area contributed by atoms with Gasteiger partial charge < -0.3 is 15.4 Å². The molecule has 0 aliphatic heterocycles. The summed E-state index contributed by atoms with van der Waals surface area (Å²) >= 11 is 8.84. The van der Waals surface area contributed by atoms with E-state index >= 15 is 0 Å². The van der Waals surface area contributed by atoms with Crippen molar-refractivity contribution in [1.29, 1.82) is 0 Å². The number of ether oxygens (including phenoxy) is 1. The molecule has 1 amide bonds. The Morgan fingerprint density at radius 1 is 1.38 bits per heavy atom. The molecule has 1 aromatic heterocycles. The van der Waals surface area contributed by atoms with E-state index < -0.39 is 0 Å². The van der Waals surface area contributed by atoms with Crippen molar-refractivity contribution in [3.05, 3.63) is 29.3 Å². The maximum absolute atomic E-state index is 11.7. The van der Waals surface area contributed by atoms with Gasteiger partial charge in [-0.25, -0.2) is 0 Å². The zero-order chi connectivity index (χ0) is 17.2. The molecule has 0 spiro atoms. The average molecular weight is 387 g/mol. The first-order valence-corrected chi connectivity index (χ1v) is 9.69. The summed E-state index contributed by atoms with van der Waals surface area (Å²) in [5.41, 5.74) is 0.777. The van der Waals surface area contributed by atoms with E-state index in [1.807, 2.05) is 25.1 Å². The lowest BCUT2D eigenvalue weighted by molar-refractivity contribution is -0.118. The molecule has 0 bridgehead atoms. The van der Waals surface area contributed by atoms with E-state index in [-0.39, 0.29) is 5.91 Å². The molecule has 6 nitrogen and oxygen atoms in total. The lowest BCUT2D eigenvalue weighted by Gasteiger charge is -2.04. The topological polar surface area (TPSA) is 76.1 Å². The van der Waals surface area contributed by atoms with Crippen molar-refractivity contribution in [2.45, 2.75) is 17.7 Å². The van der Waals surface area contributed by atoms with Gasteiger partial charge in [-0.3, -0.25) is 4.79 Å². The summed E-state index contributed by atoms with van der Waals surface area (Å²) in [5, 5.41) is 15.3. The zero-order valence-electron chi connectivity index (χ0n) is 13.3. The minimum Gasteiger partial charge on any atom is -0.382 e. The summed E-state index contributed by atoms with van der Waals surface area (Å²) in [4.78, 5) is 11.7. The quantitative estimate of drug-likeness (QED) is 0.480. The molecular weight excluding hydrogens is 368 g/mol. The van der Waals surface area contributed by atoms with Crippen molar-refractivity contribution in [2.75, 3.05) is 30.8 Å². The van der Waals surface area contributed by atoms with E-state index in [0.717, 1.165) is 16.4 Å². The number of carbonyl (C=O) groups excluding carboxylic acids is 1. The van der Waals surface area contributed by atoms with Crippen LogP contribution in [0, 0.1) is 0 Å². The molecule has 24 heavy (non-hydrogen) atoms. The highest BCUT2D eigenvalue weighted by Gasteiger charge is 2.09. The smallest absolute Gasteiger partial charge is 0.230 e. The molecule has 9 heteroatoms. The number of aromatic nitrogens is 2. The van der Waals surface area contributed by atoms with Crippen LogP contribution >= 0.6 is 34.7 Å². The minimum absolute atomic E-state index is 0.0210. The number of nitrogens with zero attached hydrogens (tertiary/aromatic N) is 2. The SMILES string of the molecule is CCOCCCNC(=O)CSc1nnc(Nc2ccccc2Cl)s1. The molecule has 0 unspecified atom stereocenters. The molecule has 2 N–H and O–H groups in total. The number of hydrogen-bond donors (Lipinski definition) is 2. The van der Waals surface area contributed by atoms with Gasteiger partial charge in [-0.2, -0.15) is 0 Å². The fourth-order valence-electron chi connectivity index (χ4n) is 1.72. The summed E-state index contributed by atoms with van der Waals surface area (Å²) in [5.74, 6) is 0.294. The maximum atomic E-state index is 11.7. The van der Waals surface area contributed by atoms with Crippen LogP contribution in [0.4, 0.5) is 10.8 Å². The molecule has 0 aliphatic carbocycles. The van der Waals surface area contributed by atoms with E-state index in [9.17, 15) is 4.79 Å². The molecule has 2 aromatic rings. The second kappa shape index (κ2) is 10.5. The number of carbonyl (C=O) groups is 1. The van der Waals surface area contributed by atoms with E-state index in [2.05, 4.69) is 20.8 Å². The van der Waals surface area contributed by atoms with Crippen LogP contribution in [0.5, 0.6) is 0 Å². The Balaban J connectivity index is 1.72. The van der Waals surface area contributed by atoms with Crippen LogP contribution in [-0.2, 0) is 9.53 Å². The largest absolute Gasteiger partial charge is 0.382 e. The number of hydrogen-bond acceptors (Lipinski definition) is 7. The number of thioether (sulfide) groups is 1. The first kappa shape index (κ1) is 19.0. The van der Waals surface area contributed by atoms with Crippen LogP contribution in [0.3, 0.4) is 0 Å². The number of para-hydroxylation sites is 1. The van der Waals surface area contributed by atoms with Crippen molar-refractivity contribution >= 4 is 51.4 Å². The normalized spacial score (nSPS) is 10.6. The van der Waals surface area contributed by atoms with Gasteiger partial charge in [0.05, 0.1) is 16.5 Å². The molecule has 0 fully saturated rings. The summed E-state index contributed by atoms with van der Waals surface area (Å²) in [7, 11) is 0. The number of halogens is 1. The Morgan fingerprint density at radius 2 is 2.21 bits per heavy atom. The predicted octanol–water partition coefficient (Wildman–Crippen LogP) is 3.57. The Labute approximate surface area is 154 Å². The highest BCUT2D eigenvalue weighted by Crippen LogP contribution is 2.30. The third kappa shape index (κ3) is 6.64. The molecule has 130 valence electrons. The van der Waals surface area contributed by atoms with Crippen LogP contribution in [0.15, 0.2) is 28.6 Å². The van der Waals surface area contributed by atoms with E-state index in [1.54, 1.807) is 6.07 Å². The van der Waals surface area contributed by atoms with Crippen LogP contribution in [0.1, 0.15) is 13.3 Å². The molecule has 0 saturated carbocycles. The van der Waals surface area contributed by atoms with Gasteiger partial charge in [0.25, 0.3) is 0 Å². The van der Waals surface area contributed by atoms with E-state index in [4.69, 9.17) is 16.3 Å². The number of benzene rings is 1. The van der Waals surface area contributed by atoms with E-state index in [0.29, 0.717) is 35.7 Å².